The molecule has 0 aliphatic carbocycles. The normalized spacial score (nSPS) is 8.00. The lowest BCUT2D eigenvalue weighted by molar-refractivity contribution is 0.0872. The number of ether oxygens (including phenoxy) is 1. The van der Waals surface area contributed by atoms with Crippen molar-refractivity contribution in [1.29, 1.82) is 0 Å². The molecule has 0 amide bonds. The summed E-state index contributed by atoms with van der Waals surface area (Å²) < 4.78 is 4.25. The molecule has 0 saturated carbocycles. The number of aliphatic hydroxyl groups excluding tert-OH is 2. The first-order chi connectivity index (χ1) is 5.13. The van der Waals surface area contributed by atoms with Gasteiger partial charge < -0.3 is 25.6 Å². The van der Waals surface area contributed by atoms with Crippen molar-refractivity contribution in [2.24, 2.45) is 5.73 Å². The van der Waals surface area contributed by atoms with E-state index >= 15 is 0 Å². The number of hydrogen-bond acceptors (Lipinski definition) is 4. The lowest BCUT2D eigenvalue weighted by Gasteiger charge is -2.14. The van der Waals surface area contributed by atoms with E-state index in [-0.39, 0.29) is 18.6 Å². The zero-order valence-electron chi connectivity index (χ0n) is 6.65. The number of methoxy groups -OCH3 is 1. The van der Waals surface area contributed by atoms with Crippen LogP contribution in [0.5, 0.6) is 0 Å². The van der Waals surface area contributed by atoms with Crippen LogP contribution in [0.2, 0.25) is 0 Å². The van der Waals surface area contributed by atoms with E-state index in [1.807, 2.05) is 0 Å². The fourth-order valence-electron chi connectivity index (χ4n) is 0.184. The molecule has 0 aromatic rings. The zero-order chi connectivity index (χ0) is 9.28. The van der Waals surface area contributed by atoms with E-state index < -0.39 is 0 Å². The highest BCUT2D eigenvalue weighted by Gasteiger charge is 1.98. The van der Waals surface area contributed by atoms with Crippen molar-refractivity contribution in [3.8, 4) is 0 Å². The predicted molar refractivity (Wildman–Crippen MR) is 45.7 cm³/mol. The zero-order valence-corrected chi connectivity index (χ0v) is 7.47. The average Bonchev–Trinajstić information content (AvgIpc) is 1.91. The van der Waals surface area contributed by atoms with Gasteiger partial charge in [0, 0.05) is 14.2 Å². The molecular formula is C5H14N2O3S. The number of thiocarbonyl (C=S) groups is 1. The van der Waals surface area contributed by atoms with Gasteiger partial charge in [0.25, 0.3) is 0 Å². The molecule has 11 heavy (non-hydrogen) atoms. The van der Waals surface area contributed by atoms with Crippen molar-refractivity contribution in [2.75, 3.05) is 27.7 Å². The second-order valence-electron chi connectivity index (χ2n) is 1.57. The van der Waals surface area contributed by atoms with Crippen LogP contribution < -0.4 is 5.73 Å². The van der Waals surface area contributed by atoms with Crippen LogP contribution in [0.3, 0.4) is 0 Å². The van der Waals surface area contributed by atoms with Gasteiger partial charge in [0.05, 0.1) is 0 Å². The quantitative estimate of drug-likeness (QED) is 0.364. The maximum atomic E-state index is 8.29. The number of nitrogens with zero attached hydrogens (tertiary/aromatic N) is 1. The number of rotatable bonds is 2. The summed E-state index contributed by atoms with van der Waals surface area (Å²) in [5.74, 6) is 0. The van der Waals surface area contributed by atoms with Gasteiger partial charge in [0.2, 0.25) is 0 Å². The maximum absolute atomic E-state index is 8.29. The first kappa shape index (κ1) is 13.2. The first-order valence-corrected chi connectivity index (χ1v) is 3.21. The topological polar surface area (TPSA) is 79.0 Å². The summed E-state index contributed by atoms with van der Waals surface area (Å²) in [5.41, 5.74) is 5.00. The first-order valence-electron chi connectivity index (χ1n) is 2.80. The van der Waals surface area contributed by atoms with E-state index in [4.69, 9.17) is 15.9 Å². The summed E-state index contributed by atoms with van der Waals surface area (Å²) in [5, 5.41) is 16.6. The summed E-state index contributed by atoms with van der Waals surface area (Å²) in [4.78, 5) is 1.04. The van der Waals surface area contributed by atoms with Crippen LogP contribution in [0.15, 0.2) is 0 Å². The monoisotopic (exact) mass is 182 g/mol. The van der Waals surface area contributed by atoms with E-state index in [9.17, 15) is 0 Å². The van der Waals surface area contributed by atoms with Crippen LogP contribution in [-0.4, -0.2) is 47.9 Å². The van der Waals surface area contributed by atoms with E-state index in [0.717, 1.165) is 4.90 Å². The Hall–Kier alpha value is -0.430. The molecule has 0 fully saturated rings. The predicted octanol–water partition coefficient (Wildman–Crippen LogP) is -1.31. The molecule has 4 N–H and O–H groups in total. The van der Waals surface area contributed by atoms with Crippen molar-refractivity contribution >= 4 is 17.3 Å². The smallest absolute Gasteiger partial charge is 0.169 e. The third-order valence-electron chi connectivity index (χ3n) is 0.653. The van der Waals surface area contributed by atoms with Gasteiger partial charge in [-0.3, -0.25) is 0 Å². The fraction of sp³-hybridized carbons (Fsp3) is 0.800. The van der Waals surface area contributed by atoms with Crippen molar-refractivity contribution < 1.29 is 14.9 Å². The van der Waals surface area contributed by atoms with E-state index in [0.29, 0.717) is 0 Å². The van der Waals surface area contributed by atoms with Gasteiger partial charge in [-0.05, 0) is 12.2 Å². The molecule has 0 aromatic carbocycles. The van der Waals surface area contributed by atoms with Gasteiger partial charge >= 0.3 is 0 Å². The molecular weight excluding hydrogens is 168 g/mol. The summed E-state index contributed by atoms with van der Waals surface area (Å²) in [6.45, 7) is -0.683. The summed E-state index contributed by atoms with van der Waals surface area (Å²) in [7, 11) is 3.25. The van der Waals surface area contributed by atoms with Gasteiger partial charge in [0.15, 0.2) is 5.11 Å². The largest absolute Gasteiger partial charge is 0.388 e. The molecule has 68 valence electrons. The van der Waals surface area contributed by atoms with Gasteiger partial charge in [-0.1, -0.05) is 0 Å². The van der Waals surface area contributed by atoms with Crippen molar-refractivity contribution in [3.63, 3.8) is 0 Å². The Balaban J connectivity index is 0. The third-order valence-corrected chi connectivity index (χ3v) is 0.911. The summed E-state index contributed by atoms with van der Waals surface area (Å²) in [6, 6.07) is 0. The van der Waals surface area contributed by atoms with Crippen LogP contribution in [-0.2, 0) is 4.74 Å². The number of aliphatic hydroxyl groups is 2. The van der Waals surface area contributed by atoms with Crippen LogP contribution in [0.1, 0.15) is 0 Å². The van der Waals surface area contributed by atoms with E-state index in [1.54, 1.807) is 14.2 Å². The second-order valence-corrected chi connectivity index (χ2v) is 1.99. The fourth-order valence-corrected chi connectivity index (χ4v) is 0.300. The Morgan fingerprint density at radius 2 is 1.73 bits per heavy atom. The Morgan fingerprint density at radius 3 is 1.73 bits per heavy atom. The Bertz CT molecular complexity index is 97.7. The van der Waals surface area contributed by atoms with Crippen LogP contribution in [0.25, 0.3) is 0 Å². The molecule has 0 spiro atoms. The molecule has 0 unspecified atom stereocenters. The maximum Gasteiger partial charge on any atom is 0.169 e. The van der Waals surface area contributed by atoms with Gasteiger partial charge in [-0.25, -0.2) is 0 Å². The van der Waals surface area contributed by atoms with Gasteiger partial charge in [0.1, 0.15) is 13.5 Å². The third kappa shape index (κ3) is 9.57. The Kier molecular flexibility index (Phi) is 11.5. The SMILES string of the molecule is COC.NC(=S)N(CO)CO. The van der Waals surface area contributed by atoms with Crippen molar-refractivity contribution in [2.45, 2.75) is 0 Å². The highest BCUT2D eigenvalue weighted by atomic mass is 32.1. The van der Waals surface area contributed by atoms with Crippen molar-refractivity contribution in [1.82, 2.24) is 4.90 Å². The van der Waals surface area contributed by atoms with Crippen LogP contribution in [0, 0.1) is 0 Å². The summed E-state index contributed by atoms with van der Waals surface area (Å²) >= 11 is 4.40. The minimum atomic E-state index is -0.341. The van der Waals surface area contributed by atoms with E-state index in [1.165, 1.54) is 0 Å². The average molecular weight is 182 g/mol. The molecule has 0 aliphatic rings. The Labute approximate surface area is 71.4 Å². The van der Waals surface area contributed by atoms with E-state index in [2.05, 4.69) is 17.0 Å². The molecule has 0 atom stereocenters. The van der Waals surface area contributed by atoms with Gasteiger partial charge in [-0.2, -0.15) is 0 Å². The standard InChI is InChI=1S/C3H8N2O2S.C2H6O/c4-3(8)5(1-6)2-7;1-3-2/h6-7H,1-2H2,(H2,4,8);1-2H3. The summed E-state index contributed by atoms with van der Waals surface area (Å²) in [6.07, 6.45) is 0. The molecule has 5 nitrogen and oxygen atoms in total. The lowest BCUT2D eigenvalue weighted by atomic mass is 10.8. The minimum Gasteiger partial charge on any atom is -0.388 e. The molecule has 0 aromatic heterocycles. The number of hydrogen-bond donors (Lipinski definition) is 3. The van der Waals surface area contributed by atoms with Crippen LogP contribution >= 0.6 is 12.2 Å². The molecule has 0 rings (SSSR count). The molecule has 0 radical (unpaired) electrons. The molecule has 0 saturated heterocycles. The van der Waals surface area contributed by atoms with Gasteiger partial charge in [-0.15, -0.1) is 0 Å². The highest BCUT2D eigenvalue weighted by Crippen LogP contribution is 1.79. The number of nitrogens with two attached hydrogens (primary N) is 1. The molecule has 0 aliphatic heterocycles. The second kappa shape index (κ2) is 9.57. The molecule has 0 heterocycles. The Morgan fingerprint density at radius 1 is 1.45 bits per heavy atom. The molecule has 6 heteroatoms. The lowest BCUT2D eigenvalue weighted by Crippen LogP contribution is -2.36. The molecule has 0 bridgehead atoms. The van der Waals surface area contributed by atoms with Crippen LogP contribution in [0.4, 0.5) is 0 Å². The highest BCUT2D eigenvalue weighted by molar-refractivity contribution is 7.80. The minimum absolute atomic E-state index is 0.00463. The van der Waals surface area contributed by atoms with Crippen molar-refractivity contribution in [3.05, 3.63) is 0 Å².